The van der Waals surface area contributed by atoms with Gasteiger partial charge in [0.25, 0.3) is 0 Å². The topological polar surface area (TPSA) is 72.9 Å². The Labute approximate surface area is 107 Å². The molecule has 2 aliphatic heterocycles. The summed E-state index contributed by atoms with van der Waals surface area (Å²) in [6.45, 7) is 5.66. The molecule has 0 aromatic carbocycles. The summed E-state index contributed by atoms with van der Waals surface area (Å²) in [5.41, 5.74) is 0. The van der Waals surface area contributed by atoms with Crippen LogP contribution in [0, 0.1) is 5.92 Å². The van der Waals surface area contributed by atoms with E-state index in [4.69, 9.17) is 5.11 Å². The number of nitrogens with one attached hydrogen (secondary N) is 1. The molecular formula is C12H21N3O3. The summed E-state index contributed by atoms with van der Waals surface area (Å²) < 4.78 is 0. The highest BCUT2D eigenvalue weighted by molar-refractivity contribution is 5.82. The summed E-state index contributed by atoms with van der Waals surface area (Å²) >= 11 is 0. The van der Waals surface area contributed by atoms with Gasteiger partial charge in [0.1, 0.15) is 0 Å². The van der Waals surface area contributed by atoms with Crippen LogP contribution in [-0.2, 0) is 9.59 Å². The average molecular weight is 255 g/mol. The van der Waals surface area contributed by atoms with Gasteiger partial charge in [-0.1, -0.05) is 6.92 Å². The van der Waals surface area contributed by atoms with Crippen molar-refractivity contribution in [2.45, 2.75) is 19.4 Å². The number of aliphatic carboxylic acids is 1. The third-order valence-corrected chi connectivity index (χ3v) is 3.84. The standard InChI is InChI=1S/C12H21N3O3/c1-9-2-3-13-11(9)12(18)15-6-4-14(5-7-15)8-10(16)17/h9,11,13H,2-8H2,1H3,(H,16,17). The number of piperazine rings is 1. The molecule has 0 saturated carbocycles. The molecule has 0 radical (unpaired) electrons. The number of hydrogen-bond donors (Lipinski definition) is 2. The van der Waals surface area contributed by atoms with E-state index in [2.05, 4.69) is 12.2 Å². The minimum atomic E-state index is -0.805. The lowest BCUT2D eigenvalue weighted by Crippen LogP contribution is -2.54. The number of carboxylic acids is 1. The van der Waals surface area contributed by atoms with Crippen molar-refractivity contribution in [2.24, 2.45) is 5.92 Å². The van der Waals surface area contributed by atoms with Gasteiger partial charge in [-0.05, 0) is 18.9 Å². The number of rotatable bonds is 3. The second-order valence-electron chi connectivity index (χ2n) is 5.19. The van der Waals surface area contributed by atoms with Crippen molar-refractivity contribution in [1.82, 2.24) is 15.1 Å². The van der Waals surface area contributed by atoms with Crippen molar-refractivity contribution >= 4 is 11.9 Å². The maximum Gasteiger partial charge on any atom is 0.317 e. The molecule has 0 aromatic heterocycles. The molecule has 2 heterocycles. The first-order valence-corrected chi connectivity index (χ1v) is 6.54. The molecule has 6 heteroatoms. The maximum atomic E-state index is 12.3. The molecule has 2 rings (SSSR count). The third kappa shape index (κ3) is 3.00. The molecule has 0 aromatic rings. The zero-order valence-corrected chi connectivity index (χ0v) is 10.8. The van der Waals surface area contributed by atoms with E-state index >= 15 is 0 Å². The molecule has 102 valence electrons. The van der Waals surface area contributed by atoms with E-state index in [-0.39, 0.29) is 18.5 Å². The lowest BCUT2D eigenvalue weighted by Gasteiger charge is -2.35. The predicted octanol–water partition coefficient (Wildman–Crippen LogP) is -0.787. The fourth-order valence-electron chi connectivity index (χ4n) is 2.68. The van der Waals surface area contributed by atoms with Crippen LogP contribution < -0.4 is 5.32 Å². The molecule has 2 N–H and O–H groups in total. The van der Waals surface area contributed by atoms with Crippen LogP contribution in [0.2, 0.25) is 0 Å². The summed E-state index contributed by atoms with van der Waals surface area (Å²) in [7, 11) is 0. The van der Waals surface area contributed by atoms with Crippen LogP contribution >= 0.6 is 0 Å². The van der Waals surface area contributed by atoms with Crippen LogP contribution in [0.4, 0.5) is 0 Å². The van der Waals surface area contributed by atoms with Gasteiger partial charge in [0.15, 0.2) is 0 Å². The van der Waals surface area contributed by atoms with E-state index in [0.717, 1.165) is 13.0 Å². The molecule has 2 unspecified atom stereocenters. The zero-order chi connectivity index (χ0) is 13.1. The summed E-state index contributed by atoms with van der Waals surface area (Å²) in [6.07, 6.45) is 1.05. The lowest BCUT2D eigenvalue weighted by molar-refractivity contribution is -0.140. The Kier molecular flexibility index (Phi) is 4.19. The molecular weight excluding hydrogens is 234 g/mol. The second kappa shape index (κ2) is 5.67. The first kappa shape index (κ1) is 13.3. The van der Waals surface area contributed by atoms with Gasteiger partial charge in [0.2, 0.25) is 5.91 Å². The largest absolute Gasteiger partial charge is 0.480 e. The van der Waals surface area contributed by atoms with Crippen molar-refractivity contribution in [3.05, 3.63) is 0 Å². The SMILES string of the molecule is CC1CCNC1C(=O)N1CCN(CC(=O)O)CC1. The van der Waals surface area contributed by atoms with E-state index in [9.17, 15) is 9.59 Å². The van der Waals surface area contributed by atoms with Crippen molar-refractivity contribution < 1.29 is 14.7 Å². The number of carbonyl (C=O) groups is 2. The van der Waals surface area contributed by atoms with Gasteiger partial charge in [0.05, 0.1) is 12.6 Å². The van der Waals surface area contributed by atoms with Crippen molar-refractivity contribution in [1.29, 1.82) is 0 Å². The minimum absolute atomic E-state index is 0.0453. The van der Waals surface area contributed by atoms with Crippen LogP contribution in [0.25, 0.3) is 0 Å². The molecule has 0 bridgehead atoms. The van der Waals surface area contributed by atoms with Gasteiger partial charge < -0.3 is 15.3 Å². The van der Waals surface area contributed by atoms with Gasteiger partial charge in [-0.15, -0.1) is 0 Å². The Morgan fingerprint density at radius 1 is 1.28 bits per heavy atom. The summed E-state index contributed by atoms with van der Waals surface area (Å²) in [4.78, 5) is 26.6. The number of carboxylic acid groups (broad SMARTS) is 1. The highest BCUT2D eigenvalue weighted by Crippen LogP contribution is 2.17. The van der Waals surface area contributed by atoms with Crippen molar-refractivity contribution in [2.75, 3.05) is 39.3 Å². The predicted molar refractivity (Wildman–Crippen MR) is 66.2 cm³/mol. The summed E-state index contributed by atoms with van der Waals surface area (Å²) in [5, 5.41) is 12.0. The van der Waals surface area contributed by atoms with Crippen molar-refractivity contribution in [3.63, 3.8) is 0 Å². The summed E-state index contributed by atoms with van der Waals surface area (Å²) in [5.74, 6) is -0.231. The van der Waals surface area contributed by atoms with Gasteiger partial charge in [-0.25, -0.2) is 0 Å². The summed E-state index contributed by atoms with van der Waals surface area (Å²) in [6, 6.07) is -0.0453. The van der Waals surface area contributed by atoms with E-state index in [1.54, 1.807) is 0 Å². The van der Waals surface area contributed by atoms with E-state index < -0.39 is 5.97 Å². The third-order valence-electron chi connectivity index (χ3n) is 3.84. The smallest absolute Gasteiger partial charge is 0.317 e. The Morgan fingerprint density at radius 3 is 2.44 bits per heavy atom. The van der Waals surface area contributed by atoms with Gasteiger partial charge in [-0.3, -0.25) is 14.5 Å². The maximum absolute atomic E-state index is 12.3. The molecule has 0 spiro atoms. The molecule has 2 saturated heterocycles. The fourth-order valence-corrected chi connectivity index (χ4v) is 2.68. The highest BCUT2D eigenvalue weighted by Gasteiger charge is 2.33. The van der Waals surface area contributed by atoms with E-state index in [1.807, 2.05) is 9.80 Å². The number of amides is 1. The minimum Gasteiger partial charge on any atom is -0.480 e. The first-order valence-electron chi connectivity index (χ1n) is 6.54. The molecule has 2 fully saturated rings. The molecule has 6 nitrogen and oxygen atoms in total. The van der Waals surface area contributed by atoms with Gasteiger partial charge in [-0.2, -0.15) is 0 Å². The fraction of sp³-hybridized carbons (Fsp3) is 0.833. The molecule has 2 atom stereocenters. The molecule has 1 amide bonds. The monoisotopic (exact) mass is 255 g/mol. The van der Waals surface area contributed by atoms with Crippen LogP contribution in [-0.4, -0.2) is 72.1 Å². The van der Waals surface area contributed by atoms with Crippen LogP contribution in [0.15, 0.2) is 0 Å². The molecule has 0 aliphatic carbocycles. The quantitative estimate of drug-likeness (QED) is 0.691. The highest BCUT2D eigenvalue weighted by atomic mass is 16.4. The van der Waals surface area contributed by atoms with Crippen LogP contribution in [0.1, 0.15) is 13.3 Å². The Morgan fingerprint density at radius 2 is 1.94 bits per heavy atom. The van der Waals surface area contributed by atoms with E-state index in [1.165, 1.54) is 0 Å². The number of nitrogens with zero attached hydrogens (tertiary/aromatic N) is 2. The van der Waals surface area contributed by atoms with Crippen LogP contribution in [0.5, 0.6) is 0 Å². The van der Waals surface area contributed by atoms with Crippen molar-refractivity contribution in [3.8, 4) is 0 Å². The first-order chi connectivity index (χ1) is 8.58. The number of hydrogen-bond acceptors (Lipinski definition) is 4. The zero-order valence-electron chi connectivity index (χ0n) is 10.8. The Balaban J connectivity index is 1.82. The Hall–Kier alpha value is -1.14. The average Bonchev–Trinajstić information content (AvgIpc) is 2.75. The second-order valence-corrected chi connectivity index (χ2v) is 5.19. The van der Waals surface area contributed by atoms with Gasteiger partial charge >= 0.3 is 5.97 Å². The van der Waals surface area contributed by atoms with Gasteiger partial charge in [0, 0.05) is 26.2 Å². The number of carbonyl (C=O) groups excluding carboxylic acids is 1. The van der Waals surface area contributed by atoms with Crippen LogP contribution in [0.3, 0.4) is 0 Å². The van der Waals surface area contributed by atoms with E-state index in [0.29, 0.717) is 32.1 Å². The molecule has 2 aliphatic rings. The normalized spacial score (nSPS) is 29.5. The molecule has 18 heavy (non-hydrogen) atoms. The lowest BCUT2D eigenvalue weighted by atomic mass is 10.0. The Bertz CT molecular complexity index is 327.